The summed E-state index contributed by atoms with van der Waals surface area (Å²) in [6.07, 6.45) is 2.00. The molecule has 0 aliphatic rings. The average molecular weight is 599 g/mol. The molecular formula is C39H22N2OS2. The highest BCUT2D eigenvalue weighted by Crippen LogP contribution is 2.44. The molecule has 0 radical (unpaired) electrons. The van der Waals surface area contributed by atoms with E-state index < -0.39 is 0 Å². The van der Waals surface area contributed by atoms with Gasteiger partial charge in [0.2, 0.25) is 0 Å². The zero-order valence-corrected chi connectivity index (χ0v) is 25.0. The molecule has 206 valence electrons. The van der Waals surface area contributed by atoms with Gasteiger partial charge in [-0.05, 0) is 78.2 Å². The van der Waals surface area contributed by atoms with Crippen molar-refractivity contribution < 1.29 is 4.42 Å². The minimum Gasteiger partial charge on any atom is -0.456 e. The van der Waals surface area contributed by atoms with Gasteiger partial charge in [-0.2, -0.15) is 0 Å². The van der Waals surface area contributed by atoms with E-state index in [1.165, 1.54) is 40.3 Å². The van der Waals surface area contributed by atoms with Crippen molar-refractivity contribution in [2.75, 3.05) is 4.90 Å². The third-order valence-corrected chi connectivity index (χ3v) is 11.0. The fourth-order valence-corrected chi connectivity index (χ4v) is 8.84. The topological polar surface area (TPSA) is 29.3 Å². The van der Waals surface area contributed by atoms with Gasteiger partial charge in [-0.15, -0.1) is 22.7 Å². The van der Waals surface area contributed by atoms with Crippen molar-refractivity contribution in [3.8, 4) is 0 Å². The summed E-state index contributed by atoms with van der Waals surface area (Å²) >= 11 is 3.68. The number of hydrogen-bond donors (Lipinski definition) is 0. The molecule has 4 aromatic heterocycles. The van der Waals surface area contributed by atoms with Gasteiger partial charge in [-0.25, -0.2) is 4.98 Å². The first-order chi connectivity index (χ1) is 21.8. The number of thiophene rings is 2. The zero-order valence-electron chi connectivity index (χ0n) is 23.3. The molecule has 4 heterocycles. The van der Waals surface area contributed by atoms with E-state index in [-0.39, 0.29) is 0 Å². The number of furan rings is 1. The van der Waals surface area contributed by atoms with Crippen LogP contribution in [-0.4, -0.2) is 4.98 Å². The molecule has 0 saturated heterocycles. The summed E-state index contributed by atoms with van der Waals surface area (Å²) in [6, 6.07) is 45.6. The maximum atomic E-state index is 6.26. The molecule has 44 heavy (non-hydrogen) atoms. The molecule has 5 heteroatoms. The second-order valence-electron chi connectivity index (χ2n) is 11.2. The van der Waals surface area contributed by atoms with Gasteiger partial charge in [0.05, 0.1) is 0 Å². The largest absolute Gasteiger partial charge is 0.456 e. The minimum absolute atomic E-state index is 0.869. The Morgan fingerprint density at radius 2 is 1.07 bits per heavy atom. The first kappa shape index (κ1) is 24.2. The quantitative estimate of drug-likeness (QED) is 0.203. The average Bonchev–Trinajstić information content (AvgIpc) is 3.76. The number of para-hydroxylation sites is 1. The van der Waals surface area contributed by atoms with E-state index in [1.807, 2.05) is 41.0 Å². The summed E-state index contributed by atoms with van der Waals surface area (Å²) in [5, 5.41) is 9.56. The van der Waals surface area contributed by atoms with Gasteiger partial charge in [-0.3, -0.25) is 4.90 Å². The SMILES string of the molecule is c1ccc2c(c1)oc1ccc3cnc(N(c4ccc5sc6ccccc6c5c4)c4ccc5sc6ccccc6c5c4)cc3c12. The van der Waals surface area contributed by atoms with E-state index in [1.54, 1.807) is 0 Å². The second-order valence-corrected chi connectivity index (χ2v) is 13.4. The second kappa shape index (κ2) is 9.13. The maximum absolute atomic E-state index is 6.26. The van der Waals surface area contributed by atoms with Crippen LogP contribution in [0.2, 0.25) is 0 Å². The van der Waals surface area contributed by atoms with Crippen molar-refractivity contribution >= 4 is 113 Å². The van der Waals surface area contributed by atoms with Gasteiger partial charge in [-0.1, -0.05) is 54.6 Å². The van der Waals surface area contributed by atoms with Crippen LogP contribution < -0.4 is 4.90 Å². The van der Waals surface area contributed by atoms with E-state index in [0.717, 1.165) is 49.9 Å². The van der Waals surface area contributed by atoms with Gasteiger partial charge in [0.25, 0.3) is 0 Å². The number of anilines is 3. The van der Waals surface area contributed by atoms with Crippen LogP contribution in [0.15, 0.2) is 138 Å². The summed E-state index contributed by atoms with van der Waals surface area (Å²) < 4.78 is 11.4. The highest BCUT2D eigenvalue weighted by atomic mass is 32.1. The van der Waals surface area contributed by atoms with Gasteiger partial charge in [0.15, 0.2) is 0 Å². The molecule has 10 rings (SSSR count). The fourth-order valence-electron chi connectivity index (χ4n) is 6.67. The smallest absolute Gasteiger partial charge is 0.138 e. The summed E-state index contributed by atoms with van der Waals surface area (Å²) in [4.78, 5) is 7.40. The molecule has 0 fully saturated rings. The Morgan fingerprint density at radius 3 is 1.75 bits per heavy atom. The third-order valence-electron chi connectivity index (χ3n) is 8.69. The predicted octanol–water partition coefficient (Wildman–Crippen LogP) is 12.3. The Kier molecular flexibility index (Phi) is 5.03. The van der Waals surface area contributed by atoms with Gasteiger partial charge in [0, 0.05) is 74.1 Å². The van der Waals surface area contributed by atoms with Crippen LogP contribution in [0.3, 0.4) is 0 Å². The van der Waals surface area contributed by atoms with Crippen molar-refractivity contribution in [1.29, 1.82) is 0 Å². The molecule has 0 saturated carbocycles. The van der Waals surface area contributed by atoms with Crippen LogP contribution in [-0.2, 0) is 0 Å². The van der Waals surface area contributed by atoms with Crippen LogP contribution >= 0.6 is 22.7 Å². The molecular weight excluding hydrogens is 577 g/mol. The molecule has 3 nitrogen and oxygen atoms in total. The van der Waals surface area contributed by atoms with Crippen molar-refractivity contribution in [2.45, 2.75) is 0 Å². The van der Waals surface area contributed by atoms with E-state index in [4.69, 9.17) is 9.40 Å². The summed E-state index contributed by atoms with van der Waals surface area (Å²) in [5.41, 5.74) is 3.95. The molecule has 10 aromatic rings. The Hall–Kier alpha value is -5.23. The number of nitrogens with zero attached hydrogens (tertiary/aromatic N) is 2. The summed E-state index contributed by atoms with van der Waals surface area (Å²) in [6.45, 7) is 0. The monoisotopic (exact) mass is 598 g/mol. The first-order valence-corrected chi connectivity index (χ1v) is 16.2. The molecule has 6 aromatic carbocycles. The summed E-state index contributed by atoms with van der Waals surface area (Å²) in [5.74, 6) is 0.869. The number of benzene rings is 6. The number of aromatic nitrogens is 1. The molecule has 0 N–H and O–H groups in total. The number of fused-ring (bicyclic) bond motifs is 11. The summed E-state index contributed by atoms with van der Waals surface area (Å²) in [7, 11) is 0. The lowest BCUT2D eigenvalue weighted by atomic mass is 10.0. The van der Waals surface area contributed by atoms with Crippen LogP contribution in [0.5, 0.6) is 0 Å². The van der Waals surface area contributed by atoms with Crippen molar-refractivity contribution in [1.82, 2.24) is 4.98 Å². The highest BCUT2D eigenvalue weighted by Gasteiger charge is 2.19. The lowest BCUT2D eigenvalue weighted by molar-refractivity contribution is 0.669. The minimum atomic E-state index is 0.869. The molecule has 0 atom stereocenters. The number of rotatable bonds is 3. The fraction of sp³-hybridized carbons (Fsp3) is 0. The van der Waals surface area contributed by atoms with Crippen LogP contribution in [0.4, 0.5) is 17.2 Å². The maximum Gasteiger partial charge on any atom is 0.138 e. The van der Waals surface area contributed by atoms with E-state index in [2.05, 4.69) is 120 Å². The van der Waals surface area contributed by atoms with Crippen LogP contribution in [0, 0.1) is 0 Å². The molecule has 0 unspecified atom stereocenters. The van der Waals surface area contributed by atoms with Crippen molar-refractivity contribution in [3.05, 3.63) is 134 Å². The van der Waals surface area contributed by atoms with E-state index in [0.29, 0.717) is 0 Å². The van der Waals surface area contributed by atoms with E-state index >= 15 is 0 Å². The molecule has 0 bridgehead atoms. The Labute approximate surface area is 259 Å². The zero-order chi connectivity index (χ0) is 28.8. The third kappa shape index (κ3) is 3.51. The lowest BCUT2D eigenvalue weighted by Gasteiger charge is -2.25. The van der Waals surface area contributed by atoms with E-state index in [9.17, 15) is 0 Å². The highest BCUT2D eigenvalue weighted by molar-refractivity contribution is 7.26. The van der Waals surface area contributed by atoms with Gasteiger partial charge < -0.3 is 4.42 Å². The van der Waals surface area contributed by atoms with Crippen molar-refractivity contribution in [3.63, 3.8) is 0 Å². The molecule has 0 aliphatic heterocycles. The Bertz CT molecular complexity index is 2640. The molecule has 0 amide bonds. The number of pyridine rings is 1. The lowest BCUT2D eigenvalue weighted by Crippen LogP contribution is -2.11. The first-order valence-electron chi connectivity index (χ1n) is 14.6. The van der Waals surface area contributed by atoms with Crippen LogP contribution in [0.25, 0.3) is 73.1 Å². The number of hydrogen-bond acceptors (Lipinski definition) is 5. The molecule has 0 aliphatic carbocycles. The Morgan fingerprint density at radius 1 is 0.477 bits per heavy atom. The normalized spacial score (nSPS) is 12.1. The molecule has 0 spiro atoms. The Balaban J connectivity index is 1.27. The van der Waals surface area contributed by atoms with Crippen LogP contribution in [0.1, 0.15) is 0 Å². The van der Waals surface area contributed by atoms with Gasteiger partial charge in [0.1, 0.15) is 17.0 Å². The standard InChI is InChI=1S/C39H22N2OS2/c1-4-10-32-28(9-1)39-29-21-38(40-22-23(29)13-16-33(39)42-32)41(24-14-17-36-30(19-24)26-7-2-5-11-34(26)43-36)25-15-18-37-31(20-25)27-8-3-6-12-35(27)44-37/h1-22H. The van der Waals surface area contributed by atoms with Gasteiger partial charge >= 0.3 is 0 Å². The van der Waals surface area contributed by atoms with Crippen molar-refractivity contribution in [2.24, 2.45) is 0 Å². The predicted molar refractivity (Wildman–Crippen MR) is 189 cm³/mol.